The van der Waals surface area contributed by atoms with Gasteiger partial charge < -0.3 is 10.8 Å². The normalized spacial score (nSPS) is 10.3. The first-order chi connectivity index (χ1) is 9.41. The van der Waals surface area contributed by atoms with Gasteiger partial charge in [-0.3, -0.25) is 0 Å². The lowest BCUT2D eigenvalue weighted by molar-refractivity contribution is 0.475. The molecule has 0 amide bonds. The molecule has 2 aromatic carbocycles. The SMILES string of the molecule is CC(C)c1ccc(C(C)C)c(N)c1.Oc1ccccc1. The van der Waals surface area contributed by atoms with Crippen LogP contribution >= 0.6 is 0 Å². The van der Waals surface area contributed by atoms with Crippen LogP contribution in [0.25, 0.3) is 0 Å². The van der Waals surface area contributed by atoms with Crippen molar-refractivity contribution >= 4 is 5.69 Å². The fourth-order valence-electron chi connectivity index (χ4n) is 1.91. The standard InChI is InChI=1S/C12H19N.C6H6O/c1-8(2)10-5-6-11(9(3)4)12(13)7-10;7-6-4-2-1-3-5-6/h5-9H,13H2,1-4H3;1-5,7H. The molecule has 0 aromatic heterocycles. The lowest BCUT2D eigenvalue weighted by Crippen LogP contribution is -1.98. The minimum atomic E-state index is 0.322. The summed E-state index contributed by atoms with van der Waals surface area (Å²) in [5.41, 5.74) is 9.47. The zero-order valence-electron chi connectivity index (χ0n) is 12.8. The lowest BCUT2D eigenvalue weighted by Gasteiger charge is -2.12. The van der Waals surface area contributed by atoms with Crippen LogP contribution in [0.4, 0.5) is 5.69 Å². The first kappa shape index (κ1) is 16.1. The van der Waals surface area contributed by atoms with E-state index in [1.165, 1.54) is 11.1 Å². The molecule has 20 heavy (non-hydrogen) atoms. The van der Waals surface area contributed by atoms with Gasteiger partial charge in [0, 0.05) is 5.69 Å². The van der Waals surface area contributed by atoms with E-state index >= 15 is 0 Å². The maximum absolute atomic E-state index is 8.63. The number of para-hydroxylation sites is 1. The molecule has 0 atom stereocenters. The van der Waals surface area contributed by atoms with Crippen LogP contribution in [0.5, 0.6) is 5.75 Å². The predicted octanol–water partition coefficient (Wildman–Crippen LogP) is 4.91. The van der Waals surface area contributed by atoms with Crippen molar-refractivity contribution in [2.75, 3.05) is 5.73 Å². The van der Waals surface area contributed by atoms with Crippen LogP contribution < -0.4 is 5.73 Å². The van der Waals surface area contributed by atoms with E-state index < -0.39 is 0 Å². The molecule has 2 aromatic rings. The number of hydrogen-bond acceptors (Lipinski definition) is 2. The van der Waals surface area contributed by atoms with Crippen molar-refractivity contribution in [1.29, 1.82) is 0 Å². The average molecular weight is 271 g/mol. The van der Waals surface area contributed by atoms with Gasteiger partial charge in [0.2, 0.25) is 0 Å². The molecule has 2 rings (SSSR count). The zero-order chi connectivity index (χ0) is 15.1. The van der Waals surface area contributed by atoms with E-state index in [2.05, 4.69) is 45.9 Å². The molecule has 0 saturated heterocycles. The minimum absolute atomic E-state index is 0.322. The Kier molecular flexibility index (Phi) is 6.10. The third-order valence-electron chi connectivity index (χ3n) is 3.16. The number of phenols is 1. The number of hydrogen-bond donors (Lipinski definition) is 2. The van der Waals surface area contributed by atoms with Crippen molar-refractivity contribution in [3.05, 3.63) is 59.7 Å². The van der Waals surface area contributed by atoms with Crippen molar-refractivity contribution in [2.24, 2.45) is 0 Å². The van der Waals surface area contributed by atoms with Gasteiger partial charge in [-0.05, 0) is 41.2 Å². The van der Waals surface area contributed by atoms with Gasteiger partial charge in [-0.1, -0.05) is 58.0 Å². The van der Waals surface area contributed by atoms with Gasteiger partial charge in [0.05, 0.1) is 0 Å². The third-order valence-corrected chi connectivity index (χ3v) is 3.16. The Balaban J connectivity index is 0.000000240. The van der Waals surface area contributed by atoms with Crippen LogP contribution in [0.15, 0.2) is 48.5 Å². The smallest absolute Gasteiger partial charge is 0.115 e. The Morgan fingerprint density at radius 2 is 1.45 bits per heavy atom. The van der Waals surface area contributed by atoms with E-state index in [1.54, 1.807) is 24.3 Å². The van der Waals surface area contributed by atoms with Gasteiger partial charge >= 0.3 is 0 Å². The molecule has 0 aliphatic heterocycles. The number of aromatic hydroxyl groups is 1. The van der Waals surface area contributed by atoms with Crippen molar-refractivity contribution in [1.82, 2.24) is 0 Å². The van der Waals surface area contributed by atoms with E-state index in [-0.39, 0.29) is 0 Å². The summed E-state index contributed by atoms with van der Waals surface area (Å²) in [5.74, 6) is 1.40. The molecule has 3 N–H and O–H groups in total. The Labute approximate surface area is 122 Å². The van der Waals surface area contributed by atoms with Crippen LogP contribution in [0.1, 0.15) is 50.7 Å². The molecule has 0 radical (unpaired) electrons. The van der Waals surface area contributed by atoms with Crippen molar-refractivity contribution < 1.29 is 5.11 Å². The number of rotatable bonds is 2. The molecule has 0 spiro atoms. The molecule has 0 unspecified atom stereocenters. The van der Waals surface area contributed by atoms with Gasteiger partial charge in [0.1, 0.15) is 5.75 Å². The summed E-state index contributed by atoms with van der Waals surface area (Å²) >= 11 is 0. The van der Waals surface area contributed by atoms with E-state index in [4.69, 9.17) is 10.8 Å². The van der Waals surface area contributed by atoms with E-state index in [1.807, 2.05) is 6.07 Å². The molecular weight excluding hydrogens is 246 g/mol. The van der Waals surface area contributed by atoms with Crippen LogP contribution in [0, 0.1) is 0 Å². The number of anilines is 1. The number of nitrogen functional groups attached to an aromatic ring is 1. The van der Waals surface area contributed by atoms with E-state index in [0.717, 1.165) is 5.69 Å². The Bertz CT molecular complexity index is 518. The summed E-state index contributed by atoms with van der Waals surface area (Å²) < 4.78 is 0. The topological polar surface area (TPSA) is 46.2 Å². The number of phenolic OH excluding ortho intramolecular Hbond substituents is 1. The molecule has 2 heteroatoms. The lowest BCUT2D eigenvalue weighted by atomic mass is 9.95. The van der Waals surface area contributed by atoms with Crippen molar-refractivity contribution in [3.63, 3.8) is 0 Å². The Morgan fingerprint density at radius 3 is 1.80 bits per heavy atom. The highest BCUT2D eigenvalue weighted by Gasteiger charge is 2.06. The van der Waals surface area contributed by atoms with Gasteiger partial charge in [-0.15, -0.1) is 0 Å². The zero-order valence-corrected chi connectivity index (χ0v) is 12.8. The summed E-state index contributed by atoms with van der Waals surface area (Å²) in [6.45, 7) is 8.70. The van der Waals surface area contributed by atoms with Gasteiger partial charge in [-0.2, -0.15) is 0 Å². The van der Waals surface area contributed by atoms with Crippen LogP contribution in [0.2, 0.25) is 0 Å². The monoisotopic (exact) mass is 271 g/mol. The number of benzene rings is 2. The Morgan fingerprint density at radius 1 is 0.850 bits per heavy atom. The summed E-state index contributed by atoms with van der Waals surface area (Å²) in [7, 11) is 0. The first-order valence-electron chi connectivity index (χ1n) is 7.05. The van der Waals surface area contributed by atoms with E-state index in [0.29, 0.717) is 17.6 Å². The average Bonchev–Trinajstić information content (AvgIpc) is 2.39. The second-order valence-electron chi connectivity index (χ2n) is 5.53. The molecule has 0 fully saturated rings. The molecule has 108 valence electrons. The molecular formula is C18H25NO. The van der Waals surface area contributed by atoms with E-state index in [9.17, 15) is 0 Å². The molecule has 0 aliphatic rings. The fourth-order valence-corrected chi connectivity index (χ4v) is 1.91. The highest BCUT2D eigenvalue weighted by molar-refractivity contribution is 5.51. The highest BCUT2D eigenvalue weighted by Crippen LogP contribution is 2.25. The summed E-state index contributed by atoms with van der Waals surface area (Å²) in [4.78, 5) is 0. The first-order valence-corrected chi connectivity index (χ1v) is 7.05. The minimum Gasteiger partial charge on any atom is -0.508 e. The molecule has 0 saturated carbocycles. The quantitative estimate of drug-likeness (QED) is 0.762. The highest BCUT2D eigenvalue weighted by atomic mass is 16.3. The third kappa shape index (κ3) is 4.96. The van der Waals surface area contributed by atoms with Crippen LogP contribution in [-0.4, -0.2) is 5.11 Å². The predicted molar refractivity (Wildman–Crippen MR) is 87.1 cm³/mol. The fraction of sp³-hybridized carbons (Fsp3) is 0.333. The second kappa shape index (κ2) is 7.59. The van der Waals surface area contributed by atoms with Gasteiger partial charge in [0.25, 0.3) is 0 Å². The molecule has 0 bridgehead atoms. The van der Waals surface area contributed by atoms with Crippen molar-refractivity contribution in [2.45, 2.75) is 39.5 Å². The van der Waals surface area contributed by atoms with Crippen molar-refractivity contribution in [3.8, 4) is 5.75 Å². The van der Waals surface area contributed by atoms with Crippen LogP contribution in [-0.2, 0) is 0 Å². The summed E-state index contributed by atoms with van der Waals surface area (Å²) in [6.07, 6.45) is 0. The van der Waals surface area contributed by atoms with Gasteiger partial charge in [-0.25, -0.2) is 0 Å². The second-order valence-corrected chi connectivity index (χ2v) is 5.53. The maximum atomic E-state index is 8.63. The Hall–Kier alpha value is -1.96. The largest absolute Gasteiger partial charge is 0.508 e. The maximum Gasteiger partial charge on any atom is 0.115 e. The summed E-state index contributed by atoms with van der Waals surface area (Å²) in [6, 6.07) is 15.1. The van der Waals surface area contributed by atoms with Gasteiger partial charge in [0.15, 0.2) is 0 Å². The molecule has 0 heterocycles. The summed E-state index contributed by atoms with van der Waals surface area (Å²) in [5, 5.41) is 8.63. The number of nitrogens with two attached hydrogens (primary N) is 1. The molecule has 2 nitrogen and oxygen atoms in total. The van der Waals surface area contributed by atoms with Crippen LogP contribution in [0.3, 0.4) is 0 Å². The molecule has 0 aliphatic carbocycles.